The minimum atomic E-state index is 0.722. The molecule has 0 amide bonds. The van der Waals surface area contributed by atoms with Crippen LogP contribution in [0, 0.1) is 0 Å². The van der Waals surface area contributed by atoms with Crippen molar-refractivity contribution in [2.45, 2.75) is 10.9 Å². The van der Waals surface area contributed by atoms with Gasteiger partial charge in [-0.05, 0) is 17.7 Å². The topological polar surface area (TPSA) is 56.5 Å². The quantitative estimate of drug-likeness (QED) is 0.667. The Balaban J connectivity index is 1.77. The molecule has 7 heteroatoms. The summed E-state index contributed by atoms with van der Waals surface area (Å²) in [5.74, 6) is 1.56. The van der Waals surface area contributed by atoms with Crippen LogP contribution < -0.4 is 0 Å². The molecule has 3 rings (SSSR count). The van der Waals surface area contributed by atoms with Gasteiger partial charge in [-0.25, -0.2) is 4.98 Å². The van der Waals surface area contributed by atoms with Crippen molar-refractivity contribution in [3.05, 3.63) is 52.9 Å². The van der Waals surface area contributed by atoms with E-state index in [0.29, 0.717) is 0 Å². The monoisotopic (exact) mass is 361 g/mol. The smallest absolute Gasteiger partial charge is 0.191 e. The Kier molecular flexibility index (Phi) is 4.31. The lowest BCUT2D eigenvalue weighted by Crippen LogP contribution is -1.96. The van der Waals surface area contributed by atoms with Gasteiger partial charge in [-0.1, -0.05) is 39.8 Å². The van der Waals surface area contributed by atoms with Crippen molar-refractivity contribution in [2.24, 2.45) is 7.05 Å². The van der Waals surface area contributed by atoms with Crippen molar-refractivity contribution < 1.29 is 0 Å². The molecule has 2 heterocycles. The average Bonchev–Trinajstić information content (AvgIpc) is 2.87. The van der Waals surface area contributed by atoms with Crippen LogP contribution in [0.4, 0.5) is 0 Å². The summed E-state index contributed by atoms with van der Waals surface area (Å²) in [7, 11) is 1.94. The molecule has 0 atom stereocenters. The maximum atomic E-state index is 4.25. The third-order valence-corrected chi connectivity index (χ3v) is 4.47. The molecule has 21 heavy (non-hydrogen) atoms. The molecule has 0 bridgehead atoms. The first kappa shape index (κ1) is 14.2. The number of nitrogens with zero attached hydrogens (tertiary/aromatic N) is 5. The summed E-state index contributed by atoms with van der Waals surface area (Å²) in [5.41, 5.74) is 1.96. The highest BCUT2D eigenvalue weighted by Gasteiger charge is 2.12. The van der Waals surface area contributed by atoms with Gasteiger partial charge in [0.2, 0.25) is 0 Å². The molecule has 0 saturated carbocycles. The first-order chi connectivity index (χ1) is 10.2. The van der Waals surface area contributed by atoms with Crippen LogP contribution in [0.25, 0.3) is 11.5 Å². The molecule has 0 spiro atoms. The molecule has 1 aromatic carbocycles. The van der Waals surface area contributed by atoms with E-state index in [4.69, 9.17) is 0 Å². The fraction of sp³-hybridized carbons (Fsp3) is 0.143. The van der Waals surface area contributed by atoms with Crippen LogP contribution in [0.2, 0.25) is 0 Å². The highest BCUT2D eigenvalue weighted by atomic mass is 79.9. The molecule has 106 valence electrons. The van der Waals surface area contributed by atoms with E-state index in [9.17, 15) is 0 Å². The van der Waals surface area contributed by atoms with Crippen LogP contribution in [0.5, 0.6) is 0 Å². The maximum Gasteiger partial charge on any atom is 0.191 e. The van der Waals surface area contributed by atoms with Crippen molar-refractivity contribution in [2.75, 3.05) is 0 Å². The molecule has 0 N–H and O–H groups in total. The van der Waals surface area contributed by atoms with Gasteiger partial charge in [-0.15, -0.1) is 10.2 Å². The number of rotatable bonds is 4. The van der Waals surface area contributed by atoms with Gasteiger partial charge in [0, 0.05) is 29.7 Å². The minimum absolute atomic E-state index is 0.722. The van der Waals surface area contributed by atoms with Gasteiger partial charge in [-0.2, -0.15) is 0 Å². The van der Waals surface area contributed by atoms with E-state index in [1.807, 2.05) is 23.7 Å². The number of halogens is 1. The lowest BCUT2D eigenvalue weighted by Gasteiger charge is -2.03. The summed E-state index contributed by atoms with van der Waals surface area (Å²) in [6, 6.07) is 8.25. The molecule has 2 aromatic heterocycles. The third-order valence-electron chi connectivity index (χ3n) is 2.88. The van der Waals surface area contributed by atoms with Gasteiger partial charge in [0.25, 0.3) is 0 Å². The van der Waals surface area contributed by atoms with Crippen molar-refractivity contribution in [3.8, 4) is 11.5 Å². The SMILES string of the molecule is Cn1c(SCc2cccc(Br)c2)nnc1-c1cnccn1. The summed E-state index contributed by atoms with van der Waals surface area (Å²) in [6.07, 6.45) is 4.98. The summed E-state index contributed by atoms with van der Waals surface area (Å²) >= 11 is 5.12. The molecule has 0 radical (unpaired) electrons. The maximum absolute atomic E-state index is 4.25. The number of thioether (sulfide) groups is 1. The van der Waals surface area contributed by atoms with E-state index in [1.54, 1.807) is 30.4 Å². The van der Waals surface area contributed by atoms with E-state index in [2.05, 4.69) is 48.2 Å². The summed E-state index contributed by atoms with van der Waals surface area (Å²) in [5, 5.41) is 9.28. The Morgan fingerprint density at radius 3 is 2.90 bits per heavy atom. The minimum Gasteiger partial charge on any atom is -0.304 e. The molecule has 0 aliphatic rings. The van der Waals surface area contributed by atoms with Crippen molar-refractivity contribution in [1.82, 2.24) is 24.7 Å². The second-order valence-electron chi connectivity index (χ2n) is 4.37. The molecule has 0 aliphatic carbocycles. The number of benzene rings is 1. The van der Waals surface area contributed by atoms with Gasteiger partial charge in [0.05, 0.1) is 6.20 Å². The Hall–Kier alpha value is -1.73. The zero-order valence-electron chi connectivity index (χ0n) is 11.3. The van der Waals surface area contributed by atoms with Crippen molar-refractivity contribution >= 4 is 27.7 Å². The first-order valence-corrected chi connectivity index (χ1v) is 8.05. The normalized spacial score (nSPS) is 10.8. The van der Waals surface area contributed by atoms with Crippen LogP contribution in [-0.2, 0) is 12.8 Å². The van der Waals surface area contributed by atoms with Crippen molar-refractivity contribution in [1.29, 1.82) is 0 Å². The highest BCUT2D eigenvalue weighted by molar-refractivity contribution is 9.10. The Morgan fingerprint density at radius 1 is 1.24 bits per heavy atom. The lowest BCUT2D eigenvalue weighted by molar-refractivity contribution is 0.791. The summed E-state index contributed by atoms with van der Waals surface area (Å²) < 4.78 is 3.02. The fourth-order valence-electron chi connectivity index (χ4n) is 1.85. The standard InChI is InChI=1S/C14H12BrN5S/c1-20-13(12-8-16-5-6-17-12)18-19-14(20)21-9-10-3-2-4-11(15)7-10/h2-8H,9H2,1H3. The third kappa shape index (κ3) is 3.30. The van der Waals surface area contributed by atoms with Crippen LogP contribution in [0.15, 0.2) is 52.5 Å². The number of hydrogen-bond donors (Lipinski definition) is 0. The van der Waals surface area contributed by atoms with Crippen LogP contribution >= 0.6 is 27.7 Å². The van der Waals surface area contributed by atoms with Crippen molar-refractivity contribution in [3.63, 3.8) is 0 Å². The van der Waals surface area contributed by atoms with Gasteiger partial charge in [-0.3, -0.25) is 4.98 Å². The second kappa shape index (κ2) is 6.36. The molecule has 0 aliphatic heterocycles. The van der Waals surface area contributed by atoms with Gasteiger partial charge in [0.1, 0.15) is 5.69 Å². The average molecular weight is 362 g/mol. The molecule has 3 aromatic rings. The second-order valence-corrected chi connectivity index (χ2v) is 6.23. The fourth-order valence-corrected chi connectivity index (χ4v) is 3.15. The van der Waals surface area contributed by atoms with E-state index in [1.165, 1.54) is 5.56 Å². The predicted octanol–water partition coefficient (Wildman–Crippen LogP) is 3.33. The molecule has 0 fully saturated rings. The zero-order valence-corrected chi connectivity index (χ0v) is 13.7. The Morgan fingerprint density at radius 2 is 2.14 bits per heavy atom. The largest absolute Gasteiger partial charge is 0.304 e. The molecule has 0 saturated heterocycles. The first-order valence-electron chi connectivity index (χ1n) is 6.27. The van der Waals surface area contributed by atoms with Gasteiger partial charge >= 0.3 is 0 Å². The predicted molar refractivity (Wildman–Crippen MR) is 85.7 cm³/mol. The van der Waals surface area contributed by atoms with E-state index >= 15 is 0 Å². The highest BCUT2D eigenvalue weighted by Crippen LogP contribution is 2.25. The number of hydrogen-bond acceptors (Lipinski definition) is 5. The lowest BCUT2D eigenvalue weighted by atomic mass is 10.2. The van der Waals surface area contributed by atoms with Crippen LogP contribution in [0.3, 0.4) is 0 Å². The molecular weight excluding hydrogens is 350 g/mol. The van der Waals surface area contributed by atoms with E-state index in [0.717, 1.165) is 26.9 Å². The Labute approximate surface area is 135 Å². The Bertz CT molecular complexity index is 744. The van der Waals surface area contributed by atoms with Crippen LogP contribution in [0.1, 0.15) is 5.56 Å². The molecule has 0 unspecified atom stereocenters. The summed E-state index contributed by atoms with van der Waals surface area (Å²) in [6.45, 7) is 0. The van der Waals surface area contributed by atoms with E-state index < -0.39 is 0 Å². The zero-order chi connectivity index (χ0) is 14.7. The number of aromatic nitrogens is 5. The molecular formula is C14H12BrN5S. The van der Waals surface area contributed by atoms with E-state index in [-0.39, 0.29) is 0 Å². The van der Waals surface area contributed by atoms with Gasteiger partial charge < -0.3 is 4.57 Å². The van der Waals surface area contributed by atoms with Gasteiger partial charge in [0.15, 0.2) is 11.0 Å². The van der Waals surface area contributed by atoms with Crippen LogP contribution in [-0.4, -0.2) is 24.7 Å². The molecule has 5 nitrogen and oxygen atoms in total. The summed E-state index contributed by atoms with van der Waals surface area (Å²) in [4.78, 5) is 8.31.